The summed E-state index contributed by atoms with van der Waals surface area (Å²) in [4.78, 5) is 27.6. The summed E-state index contributed by atoms with van der Waals surface area (Å²) in [5.74, 6) is -1.05. The molecule has 0 radical (unpaired) electrons. The Morgan fingerprint density at radius 1 is 1.33 bits per heavy atom. The van der Waals surface area contributed by atoms with Crippen LogP contribution in [0.1, 0.15) is 31.5 Å². The standard InChI is InChI=1S/C18H22N2O3S/c1-11(2)15(9-17(22)23)20-16(21)8-14-10-24-18(19-14)13-6-4-5-12(3)7-13/h4-7,10-11,15H,8-9H2,1-3H3,(H,20,21)(H,22,23)/t15-/m1/s1. The summed E-state index contributed by atoms with van der Waals surface area (Å²) in [6.45, 7) is 5.82. The van der Waals surface area contributed by atoms with Gasteiger partial charge in [0.25, 0.3) is 0 Å². The van der Waals surface area contributed by atoms with Crippen LogP contribution in [0.3, 0.4) is 0 Å². The SMILES string of the molecule is Cc1cccc(-c2nc(CC(=O)N[C@H](CC(=O)O)C(C)C)cs2)c1. The van der Waals surface area contributed by atoms with Crippen LogP contribution in [-0.4, -0.2) is 28.0 Å². The highest BCUT2D eigenvalue weighted by Gasteiger charge is 2.20. The van der Waals surface area contributed by atoms with E-state index in [9.17, 15) is 9.59 Å². The lowest BCUT2D eigenvalue weighted by molar-refractivity contribution is -0.138. The third-order valence-corrected chi connectivity index (χ3v) is 4.64. The number of thiazole rings is 1. The molecule has 0 saturated carbocycles. The molecule has 2 rings (SSSR count). The fraction of sp³-hybridized carbons (Fsp3) is 0.389. The second kappa shape index (κ2) is 8.06. The van der Waals surface area contributed by atoms with E-state index in [0.717, 1.165) is 16.1 Å². The van der Waals surface area contributed by atoms with Crippen LogP contribution in [0.25, 0.3) is 10.6 Å². The number of rotatable bonds is 7. The Hall–Kier alpha value is -2.21. The van der Waals surface area contributed by atoms with Crippen LogP contribution >= 0.6 is 11.3 Å². The van der Waals surface area contributed by atoms with Crippen LogP contribution in [0.5, 0.6) is 0 Å². The third kappa shape index (κ3) is 5.16. The van der Waals surface area contributed by atoms with Crippen molar-refractivity contribution in [3.05, 3.63) is 40.9 Å². The zero-order chi connectivity index (χ0) is 17.7. The molecule has 1 aromatic carbocycles. The fourth-order valence-electron chi connectivity index (χ4n) is 2.36. The van der Waals surface area contributed by atoms with Crippen LogP contribution in [0.15, 0.2) is 29.6 Å². The number of amides is 1. The van der Waals surface area contributed by atoms with Gasteiger partial charge in [-0.2, -0.15) is 0 Å². The zero-order valence-electron chi connectivity index (χ0n) is 14.1. The number of benzene rings is 1. The molecule has 1 amide bonds. The number of aryl methyl sites for hydroxylation is 1. The third-order valence-electron chi connectivity index (χ3n) is 3.70. The predicted octanol–water partition coefficient (Wildman–Crippen LogP) is 3.28. The molecule has 0 saturated heterocycles. The highest BCUT2D eigenvalue weighted by atomic mass is 32.1. The number of carboxylic acids is 1. The van der Waals surface area contributed by atoms with Gasteiger partial charge in [0, 0.05) is 17.0 Å². The molecule has 6 heteroatoms. The number of hydrogen-bond acceptors (Lipinski definition) is 4. The summed E-state index contributed by atoms with van der Waals surface area (Å²) in [6.07, 6.45) is 0.0835. The molecule has 1 aromatic heterocycles. The Kier molecular flexibility index (Phi) is 6.09. The number of carbonyl (C=O) groups is 2. The molecular weight excluding hydrogens is 324 g/mol. The van der Waals surface area contributed by atoms with Gasteiger partial charge in [-0.3, -0.25) is 9.59 Å². The molecular formula is C18H22N2O3S. The summed E-state index contributed by atoms with van der Waals surface area (Å²) >= 11 is 1.50. The Morgan fingerprint density at radius 2 is 2.08 bits per heavy atom. The van der Waals surface area contributed by atoms with Crippen molar-refractivity contribution < 1.29 is 14.7 Å². The quantitative estimate of drug-likeness (QED) is 0.806. The number of aromatic nitrogens is 1. The van der Waals surface area contributed by atoms with E-state index in [-0.39, 0.29) is 30.7 Å². The van der Waals surface area contributed by atoms with E-state index in [4.69, 9.17) is 5.11 Å². The van der Waals surface area contributed by atoms with Crippen molar-refractivity contribution in [3.63, 3.8) is 0 Å². The molecule has 0 bridgehead atoms. The van der Waals surface area contributed by atoms with E-state index in [0.29, 0.717) is 5.69 Å². The summed E-state index contributed by atoms with van der Waals surface area (Å²) in [6, 6.07) is 7.70. The average molecular weight is 346 g/mol. The Bertz CT molecular complexity index is 725. The lowest BCUT2D eigenvalue weighted by atomic mass is 10.0. The maximum absolute atomic E-state index is 12.2. The molecule has 0 aliphatic rings. The predicted molar refractivity (Wildman–Crippen MR) is 95.0 cm³/mol. The van der Waals surface area contributed by atoms with Crippen LogP contribution in [0.4, 0.5) is 0 Å². The van der Waals surface area contributed by atoms with Gasteiger partial charge >= 0.3 is 5.97 Å². The molecule has 0 aliphatic heterocycles. The number of nitrogens with one attached hydrogen (secondary N) is 1. The molecule has 0 fully saturated rings. The van der Waals surface area contributed by atoms with Crippen molar-refractivity contribution >= 4 is 23.2 Å². The van der Waals surface area contributed by atoms with Crippen molar-refractivity contribution in [2.75, 3.05) is 0 Å². The molecule has 0 spiro atoms. The average Bonchev–Trinajstić information content (AvgIpc) is 2.94. The van der Waals surface area contributed by atoms with Crippen molar-refractivity contribution in [2.45, 2.75) is 39.7 Å². The topological polar surface area (TPSA) is 79.3 Å². The van der Waals surface area contributed by atoms with Gasteiger partial charge in [0.2, 0.25) is 5.91 Å². The molecule has 1 heterocycles. The molecule has 2 N–H and O–H groups in total. The van der Waals surface area contributed by atoms with Gasteiger partial charge in [0.15, 0.2) is 0 Å². The Balaban J connectivity index is 2.01. The van der Waals surface area contributed by atoms with Gasteiger partial charge < -0.3 is 10.4 Å². The summed E-state index contributed by atoms with van der Waals surface area (Å²) in [7, 11) is 0. The highest BCUT2D eigenvalue weighted by molar-refractivity contribution is 7.13. The number of nitrogens with zero attached hydrogens (tertiary/aromatic N) is 1. The van der Waals surface area contributed by atoms with E-state index in [1.54, 1.807) is 0 Å². The van der Waals surface area contributed by atoms with E-state index in [1.165, 1.54) is 11.3 Å². The monoisotopic (exact) mass is 346 g/mol. The first-order chi connectivity index (χ1) is 11.3. The molecule has 0 aliphatic carbocycles. The number of carboxylic acid groups (broad SMARTS) is 1. The minimum atomic E-state index is -0.913. The van der Waals surface area contributed by atoms with Crippen molar-refractivity contribution in [2.24, 2.45) is 5.92 Å². The second-order valence-corrected chi connectivity index (χ2v) is 7.06. The molecule has 128 valence electrons. The van der Waals surface area contributed by atoms with Crippen LogP contribution in [-0.2, 0) is 16.0 Å². The van der Waals surface area contributed by atoms with Crippen molar-refractivity contribution in [1.29, 1.82) is 0 Å². The number of carbonyl (C=O) groups excluding carboxylic acids is 1. The molecule has 5 nitrogen and oxygen atoms in total. The summed E-state index contributed by atoms with van der Waals surface area (Å²) in [5, 5.41) is 14.5. The molecule has 0 unspecified atom stereocenters. The fourth-order valence-corrected chi connectivity index (χ4v) is 3.18. The van der Waals surface area contributed by atoms with E-state index >= 15 is 0 Å². The summed E-state index contributed by atoms with van der Waals surface area (Å²) in [5.41, 5.74) is 2.90. The lowest BCUT2D eigenvalue weighted by Gasteiger charge is -2.20. The summed E-state index contributed by atoms with van der Waals surface area (Å²) < 4.78 is 0. The first-order valence-electron chi connectivity index (χ1n) is 7.87. The Labute approximate surface area is 145 Å². The molecule has 1 atom stereocenters. The minimum Gasteiger partial charge on any atom is -0.481 e. The van der Waals surface area contributed by atoms with Gasteiger partial charge in [0.05, 0.1) is 18.5 Å². The smallest absolute Gasteiger partial charge is 0.305 e. The van der Waals surface area contributed by atoms with Crippen molar-refractivity contribution in [3.8, 4) is 10.6 Å². The largest absolute Gasteiger partial charge is 0.481 e. The van der Waals surface area contributed by atoms with Crippen LogP contribution in [0.2, 0.25) is 0 Å². The van der Waals surface area contributed by atoms with Gasteiger partial charge in [0.1, 0.15) is 5.01 Å². The van der Waals surface area contributed by atoms with Gasteiger partial charge in [-0.25, -0.2) is 4.98 Å². The van der Waals surface area contributed by atoms with Gasteiger partial charge in [-0.15, -0.1) is 11.3 Å². The van der Waals surface area contributed by atoms with Gasteiger partial charge in [-0.05, 0) is 18.9 Å². The van der Waals surface area contributed by atoms with E-state index in [2.05, 4.69) is 16.4 Å². The zero-order valence-corrected chi connectivity index (χ0v) is 14.9. The highest BCUT2D eigenvalue weighted by Crippen LogP contribution is 2.24. The maximum Gasteiger partial charge on any atom is 0.305 e. The Morgan fingerprint density at radius 3 is 2.71 bits per heavy atom. The first kappa shape index (κ1) is 18.1. The van der Waals surface area contributed by atoms with Crippen molar-refractivity contribution in [1.82, 2.24) is 10.3 Å². The van der Waals surface area contributed by atoms with E-state index < -0.39 is 5.97 Å². The normalized spacial score (nSPS) is 12.2. The maximum atomic E-state index is 12.2. The first-order valence-corrected chi connectivity index (χ1v) is 8.75. The lowest BCUT2D eigenvalue weighted by Crippen LogP contribution is -2.40. The number of hydrogen-bond donors (Lipinski definition) is 2. The van der Waals surface area contributed by atoms with E-state index in [1.807, 2.05) is 44.4 Å². The van der Waals surface area contributed by atoms with Gasteiger partial charge in [-0.1, -0.05) is 37.6 Å². The second-order valence-electron chi connectivity index (χ2n) is 6.21. The van der Waals surface area contributed by atoms with Crippen LogP contribution in [0, 0.1) is 12.8 Å². The number of aliphatic carboxylic acids is 1. The molecule has 2 aromatic rings. The molecule has 24 heavy (non-hydrogen) atoms. The minimum absolute atomic E-state index is 0.0586. The van der Waals surface area contributed by atoms with Crippen LogP contribution < -0.4 is 5.32 Å².